The van der Waals surface area contributed by atoms with Crippen molar-refractivity contribution in [2.24, 2.45) is 5.10 Å². The predicted molar refractivity (Wildman–Crippen MR) is 124 cm³/mol. The third kappa shape index (κ3) is 5.17. The molecule has 4 aromatic rings. The van der Waals surface area contributed by atoms with E-state index < -0.39 is 0 Å². The highest BCUT2D eigenvalue weighted by Crippen LogP contribution is 2.20. The van der Waals surface area contributed by atoms with Crippen LogP contribution in [0, 0.1) is 13.8 Å². The molecule has 0 aliphatic rings. The molecule has 0 spiro atoms. The van der Waals surface area contributed by atoms with Crippen molar-refractivity contribution >= 4 is 47.0 Å². The van der Waals surface area contributed by atoms with E-state index >= 15 is 0 Å². The van der Waals surface area contributed by atoms with Gasteiger partial charge in [0.2, 0.25) is 11.9 Å². The first kappa shape index (κ1) is 20.8. The molecule has 0 fully saturated rings. The predicted octanol–water partition coefficient (Wildman–Crippen LogP) is 5.17. The largest absolute Gasteiger partial charge is 0.324 e. The van der Waals surface area contributed by atoms with Gasteiger partial charge in [-0.05, 0) is 44.2 Å². The molecule has 0 unspecified atom stereocenters. The summed E-state index contributed by atoms with van der Waals surface area (Å²) in [6, 6.07) is 16.7. The molecule has 0 atom stereocenters. The Balaban J connectivity index is 1.65. The van der Waals surface area contributed by atoms with Crippen LogP contribution < -0.4 is 10.7 Å². The van der Waals surface area contributed by atoms with Gasteiger partial charge in [-0.25, -0.2) is 10.1 Å². The van der Waals surface area contributed by atoms with E-state index in [-0.39, 0.29) is 5.95 Å². The van der Waals surface area contributed by atoms with Gasteiger partial charge < -0.3 is 5.32 Å². The highest BCUT2D eigenvalue weighted by atomic mass is 35.5. The minimum absolute atomic E-state index is 0.248. The highest BCUT2D eigenvalue weighted by Gasteiger charge is 2.12. The third-order valence-corrected chi connectivity index (χ3v) is 4.75. The number of rotatable bonds is 6. The molecule has 2 aromatic carbocycles. The molecule has 10 heteroatoms. The summed E-state index contributed by atoms with van der Waals surface area (Å²) in [5.74, 6) is 0.963. The molecule has 0 radical (unpaired) electrons. The van der Waals surface area contributed by atoms with Crippen molar-refractivity contribution in [3.63, 3.8) is 0 Å². The monoisotopic (exact) mass is 452 g/mol. The maximum Gasteiger partial charge on any atom is 0.257 e. The van der Waals surface area contributed by atoms with Crippen LogP contribution in [0.15, 0.2) is 59.7 Å². The van der Waals surface area contributed by atoms with Crippen LogP contribution in [-0.4, -0.2) is 30.9 Å². The van der Waals surface area contributed by atoms with Gasteiger partial charge in [0.1, 0.15) is 0 Å². The number of nitrogens with zero attached hydrogens (tertiary/aromatic N) is 6. The Morgan fingerprint density at radius 2 is 1.71 bits per heavy atom. The number of benzene rings is 2. The number of nitrogens with one attached hydrogen (secondary N) is 2. The summed E-state index contributed by atoms with van der Waals surface area (Å²) in [7, 11) is 0. The van der Waals surface area contributed by atoms with E-state index in [1.807, 2.05) is 50.2 Å². The van der Waals surface area contributed by atoms with Crippen LogP contribution >= 0.6 is 23.2 Å². The minimum atomic E-state index is 0.248. The normalized spacial score (nSPS) is 11.1. The number of halogens is 2. The molecule has 2 heterocycles. The van der Waals surface area contributed by atoms with Gasteiger partial charge in [-0.3, -0.25) is 0 Å². The van der Waals surface area contributed by atoms with Crippen molar-refractivity contribution in [1.29, 1.82) is 0 Å². The summed E-state index contributed by atoms with van der Waals surface area (Å²) >= 11 is 12.1. The Kier molecular flexibility index (Phi) is 6.11. The lowest BCUT2D eigenvalue weighted by Crippen LogP contribution is -2.11. The third-order valence-electron chi connectivity index (χ3n) is 4.18. The van der Waals surface area contributed by atoms with Crippen LogP contribution in [0.3, 0.4) is 0 Å². The summed E-state index contributed by atoms with van der Waals surface area (Å²) in [6.07, 6.45) is 1.57. The number of hydrazone groups is 1. The number of anilines is 3. The first-order valence-corrected chi connectivity index (χ1v) is 10.1. The molecular formula is C21H18Cl2N8. The fourth-order valence-electron chi connectivity index (χ4n) is 2.81. The lowest BCUT2D eigenvalue weighted by Gasteiger charge is -2.09. The number of hydrogen-bond donors (Lipinski definition) is 2. The first-order valence-electron chi connectivity index (χ1n) is 9.34. The fourth-order valence-corrected chi connectivity index (χ4v) is 3.27. The smallest absolute Gasteiger partial charge is 0.257 e. The molecule has 0 saturated carbocycles. The van der Waals surface area contributed by atoms with Crippen LogP contribution in [0.1, 0.15) is 17.0 Å². The molecule has 4 rings (SSSR count). The number of hydrogen-bond acceptors (Lipinski definition) is 7. The number of para-hydroxylation sites is 1. The van der Waals surface area contributed by atoms with Crippen LogP contribution in [-0.2, 0) is 0 Å². The molecule has 156 valence electrons. The average Bonchev–Trinajstić information content (AvgIpc) is 3.08. The molecule has 0 amide bonds. The van der Waals surface area contributed by atoms with Gasteiger partial charge in [0.05, 0.1) is 16.9 Å². The zero-order valence-corrected chi connectivity index (χ0v) is 18.2. The van der Waals surface area contributed by atoms with Gasteiger partial charge >= 0.3 is 0 Å². The second kappa shape index (κ2) is 9.11. The topological polar surface area (TPSA) is 92.9 Å². The van der Waals surface area contributed by atoms with Crippen LogP contribution in [0.4, 0.5) is 17.6 Å². The number of aromatic nitrogens is 5. The van der Waals surface area contributed by atoms with Crippen LogP contribution in [0.2, 0.25) is 10.0 Å². The van der Waals surface area contributed by atoms with Crippen molar-refractivity contribution in [2.75, 3.05) is 10.7 Å². The second-order valence-electron chi connectivity index (χ2n) is 6.65. The molecule has 0 aliphatic heterocycles. The Morgan fingerprint density at radius 1 is 0.935 bits per heavy atom. The van der Waals surface area contributed by atoms with E-state index in [9.17, 15) is 0 Å². The van der Waals surface area contributed by atoms with E-state index in [0.29, 0.717) is 27.5 Å². The number of aryl methyl sites for hydroxylation is 2. The highest BCUT2D eigenvalue weighted by molar-refractivity contribution is 6.36. The molecule has 2 N–H and O–H groups in total. The van der Waals surface area contributed by atoms with Crippen molar-refractivity contribution in [3.05, 3.63) is 81.6 Å². The van der Waals surface area contributed by atoms with E-state index in [0.717, 1.165) is 17.1 Å². The Bertz CT molecular complexity index is 1240. The molecule has 0 bridgehead atoms. The SMILES string of the molecule is Cc1cc(C)n(-c2nc(NN=Cc3ccc(Cl)cc3Cl)nc(Nc3ccccc3)n2)n1. The lowest BCUT2D eigenvalue weighted by molar-refractivity contribution is 0.767. The fraction of sp³-hybridized carbons (Fsp3) is 0.0952. The molecule has 0 saturated heterocycles. The zero-order valence-electron chi connectivity index (χ0n) is 16.7. The van der Waals surface area contributed by atoms with Crippen molar-refractivity contribution in [1.82, 2.24) is 24.7 Å². The standard InChI is InChI=1S/C21H18Cl2N8/c1-13-10-14(2)31(30-13)21-27-19(25-17-6-4-3-5-7-17)26-20(28-21)29-24-12-15-8-9-16(22)11-18(15)23/h3-12H,1-2H3,(H2,25,26,27,28,29). The van der Waals surface area contributed by atoms with Gasteiger partial charge in [0.25, 0.3) is 5.95 Å². The van der Waals surface area contributed by atoms with Gasteiger partial charge in [-0.15, -0.1) is 0 Å². The quantitative estimate of drug-likeness (QED) is 0.309. The Labute approximate surface area is 189 Å². The molecule has 0 aliphatic carbocycles. The van der Waals surface area contributed by atoms with Crippen LogP contribution in [0.5, 0.6) is 0 Å². The van der Waals surface area contributed by atoms with Gasteiger partial charge in [0.15, 0.2) is 0 Å². The maximum absolute atomic E-state index is 6.19. The van der Waals surface area contributed by atoms with Gasteiger partial charge in [-0.2, -0.15) is 25.2 Å². The summed E-state index contributed by atoms with van der Waals surface area (Å²) in [4.78, 5) is 13.4. The Morgan fingerprint density at radius 3 is 2.42 bits per heavy atom. The van der Waals surface area contributed by atoms with Gasteiger partial charge in [-0.1, -0.05) is 47.5 Å². The Hall–Kier alpha value is -3.49. The molecular weight excluding hydrogens is 435 g/mol. The lowest BCUT2D eigenvalue weighted by atomic mass is 10.2. The summed E-state index contributed by atoms with van der Waals surface area (Å²) in [5.41, 5.74) is 6.14. The van der Waals surface area contributed by atoms with Crippen LogP contribution in [0.25, 0.3) is 5.95 Å². The van der Waals surface area contributed by atoms with E-state index in [4.69, 9.17) is 23.2 Å². The average molecular weight is 453 g/mol. The molecule has 31 heavy (non-hydrogen) atoms. The summed E-state index contributed by atoms with van der Waals surface area (Å²) < 4.78 is 1.65. The zero-order chi connectivity index (χ0) is 21.8. The summed E-state index contributed by atoms with van der Waals surface area (Å²) in [6.45, 7) is 3.84. The summed E-state index contributed by atoms with van der Waals surface area (Å²) in [5, 5.41) is 12.9. The van der Waals surface area contributed by atoms with Gasteiger partial charge in [0, 0.05) is 22.0 Å². The maximum atomic E-state index is 6.19. The first-order chi connectivity index (χ1) is 15.0. The van der Waals surface area contributed by atoms with Crippen molar-refractivity contribution < 1.29 is 0 Å². The minimum Gasteiger partial charge on any atom is -0.324 e. The van der Waals surface area contributed by atoms with E-state index in [1.54, 1.807) is 29.1 Å². The molecule has 2 aromatic heterocycles. The van der Waals surface area contributed by atoms with E-state index in [1.165, 1.54) is 0 Å². The van der Waals surface area contributed by atoms with Crippen molar-refractivity contribution in [3.8, 4) is 5.95 Å². The van der Waals surface area contributed by atoms with E-state index in [2.05, 4.69) is 35.9 Å². The molecule has 8 nitrogen and oxygen atoms in total. The second-order valence-corrected chi connectivity index (χ2v) is 7.49. The van der Waals surface area contributed by atoms with Crippen molar-refractivity contribution in [2.45, 2.75) is 13.8 Å².